The van der Waals surface area contributed by atoms with Crippen molar-refractivity contribution in [2.75, 3.05) is 0 Å². The van der Waals surface area contributed by atoms with Crippen LogP contribution in [-0.2, 0) is 11.8 Å². The largest absolute Gasteiger partial charge is 0.192 e. The Morgan fingerprint density at radius 3 is 2.16 bits per heavy atom. The number of hydrogen-bond donors (Lipinski definition) is 0. The van der Waals surface area contributed by atoms with E-state index in [9.17, 15) is 0 Å². The summed E-state index contributed by atoms with van der Waals surface area (Å²) >= 11 is 0. The second-order valence-corrected chi connectivity index (χ2v) is 5.89. The van der Waals surface area contributed by atoms with Gasteiger partial charge in [0.25, 0.3) is 0 Å². The van der Waals surface area contributed by atoms with Gasteiger partial charge in [0, 0.05) is 0 Å². The third-order valence-electron chi connectivity index (χ3n) is 3.35. The van der Waals surface area contributed by atoms with Gasteiger partial charge in [-0.25, -0.2) is 0 Å². The van der Waals surface area contributed by atoms with Crippen LogP contribution < -0.4 is 0 Å². The van der Waals surface area contributed by atoms with Crippen LogP contribution in [0.3, 0.4) is 0 Å². The van der Waals surface area contributed by atoms with Crippen LogP contribution >= 0.6 is 0 Å². The zero-order valence-electron chi connectivity index (χ0n) is 11.8. The average Bonchev–Trinajstić information content (AvgIpc) is 2.39. The van der Waals surface area contributed by atoms with Crippen molar-refractivity contribution >= 4 is 0 Å². The maximum atomic E-state index is 9.10. The van der Waals surface area contributed by atoms with Gasteiger partial charge >= 0.3 is 0 Å². The molecule has 2 aromatic rings. The molecule has 0 amide bonds. The van der Waals surface area contributed by atoms with E-state index in [2.05, 4.69) is 51.1 Å². The van der Waals surface area contributed by atoms with E-state index in [1.165, 1.54) is 11.1 Å². The quantitative estimate of drug-likeness (QED) is 0.771. The third-order valence-corrected chi connectivity index (χ3v) is 3.35. The summed E-state index contributed by atoms with van der Waals surface area (Å²) in [7, 11) is 0. The summed E-state index contributed by atoms with van der Waals surface area (Å²) in [6.07, 6.45) is 0.814. The molecule has 0 heterocycles. The molecule has 0 aliphatic carbocycles. The van der Waals surface area contributed by atoms with Crippen molar-refractivity contribution in [1.29, 1.82) is 5.26 Å². The Bertz CT molecular complexity index is 595. The van der Waals surface area contributed by atoms with Gasteiger partial charge in [-0.3, -0.25) is 0 Å². The highest BCUT2D eigenvalue weighted by Gasteiger charge is 2.13. The fraction of sp³-hybridized carbons (Fsp3) is 0.278. The number of nitriles is 1. The lowest BCUT2D eigenvalue weighted by atomic mass is 9.86. The smallest absolute Gasteiger partial charge is 0.0994 e. The second-order valence-electron chi connectivity index (χ2n) is 5.89. The van der Waals surface area contributed by atoms with Crippen molar-refractivity contribution in [1.82, 2.24) is 0 Å². The standard InChI is InChI=1S/C18H19N/c1-18(2,3)17-10-8-14(9-11-17)12-15-6-4-5-7-16(15)13-19/h4-11H,12H2,1-3H3. The lowest BCUT2D eigenvalue weighted by Gasteiger charge is -2.19. The first-order chi connectivity index (χ1) is 9.00. The van der Waals surface area contributed by atoms with E-state index < -0.39 is 0 Å². The molecular formula is C18H19N. The van der Waals surface area contributed by atoms with E-state index in [-0.39, 0.29) is 5.41 Å². The van der Waals surface area contributed by atoms with Gasteiger partial charge in [0.2, 0.25) is 0 Å². The van der Waals surface area contributed by atoms with Crippen molar-refractivity contribution in [3.8, 4) is 6.07 Å². The molecule has 0 radical (unpaired) electrons. The number of rotatable bonds is 2. The number of benzene rings is 2. The highest BCUT2D eigenvalue weighted by atomic mass is 14.2. The van der Waals surface area contributed by atoms with Crippen molar-refractivity contribution in [2.24, 2.45) is 0 Å². The van der Waals surface area contributed by atoms with Gasteiger partial charge in [0.15, 0.2) is 0 Å². The highest BCUT2D eigenvalue weighted by molar-refractivity contribution is 5.41. The van der Waals surface area contributed by atoms with Gasteiger partial charge in [0.05, 0.1) is 11.6 Å². The van der Waals surface area contributed by atoms with Gasteiger partial charge in [-0.15, -0.1) is 0 Å². The Morgan fingerprint density at radius 1 is 0.947 bits per heavy atom. The molecule has 2 aromatic carbocycles. The number of nitrogens with zero attached hydrogens (tertiary/aromatic N) is 1. The summed E-state index contributed by atoms with van der Waals surface area (Å²) in [6.45, 7) is 6.65. The van der Waals surface area contributed by atoms with Crippen LogP contribution in [0.5, 0.6) is 0 Å². The van der Waals surface area contributed by atoms with E-state index in [1.54, 1.807) is 0 Å². The summed E-state index contributed by atoms with van der Waals surface area (Å²) in [5.74, 6) is 0. The molecular weight excluding hydrogens is 230 g/mol. The fourth-order valence-electron chi connectivity index (χ4n) is 2.13. The van der Waals surface area contributed by atoms with E-state index in [1.807, 2.05) is 24.3 Å². The summed E-state index contributed by atoms with van der Waals surface area (Å²) < 4.78 is 0. The van der Waals surface area contributed by atoms with Crippen LogP contribution in [0.25, 0.3) is 0 Å². The van der Waals surface area contributed by atoms with Gasteiger partial charge in [-0.1, -0.05) is 63.2 Å². The first-order valence-electron chi connectivity index (χ1n) is 6.58. The van der Waals surface area contributed by atoms with Crippen LogP contribution in [0.2, 0.25) is 0 Å². The average molecular weight is 249 g/mol. The van der Waals surface area contributed by atoms with Crippen LogP contribution in [0.15, 0.2) is 48.5 Å². The minimum absolute atomic E-state index is 0.184. The molecule has 19 heavy (non-hydrogen) atoms. The predicted molar refractivity (Wildman–Crippen MR) is 79.1 cm³/mol. The molecule has 0 unspecified atom stereocenters. The molecule has 0 aliphatic heterocycles. The van der Waals surface area contributed by atoms with Gasteiger partial charge in [-0.05, 0) is 34.6 Å². The molecule has 1 nitrogen and oxygen atoms in total. The lowest BCUT2D eigenvalue weighted by molar-refractivity contribution is 0.590. The van der Waals surface area contributed by atoms with Gasteiger partial charge in [0.1, 0.15) is 0 Å². The first kappa shape index (κ1) is 13.4. The Balaban J connectivity index is 2.23. The van der Waals surface area contributed by atoms with Crippen LogP contribution in [0.4, 0.5) is 0 Å². The SMILES string of the molecule is CC(C)(C)c1ccc(Cc2ccccc2C#N)cc1. The van der Waals surface area contributed by atoms with Crippen LogP contribution in [0.1, 0.15) is 43.0 Å². The van der Waals surface area contributed by atoms with Crippen molar-refractivity contribution in [3.63, 3.8) is 0 Å². The Labute approximate surface area is 115 Å². The predicted octanol–water partition coefficient (Wildman–Crippen LogP) is 4.45. The molecule has 2 rings (SSSR count). The Hall–Kier alpha value is -2.07. The molecule has 0 aromatic heterocycles. The summed E-state index contributed by atoms with van der Waals surface area (Å²) in [4.78, 5) is 0. The minimum Gasteiger partial charge on any atom is -0.192 e. The van der Waals surface area contributed by atoms with E-state index in [0.29, 0.717) is 0 Å². The molecule has 1 heteroatoms. The molecule has 0 spiro atoms. The van der Waals surface area contributed by atoms with Crippen LogP contribution in [0, 0.1) is 11.3 Å². The van der Waals surface area contributed by atoms with Crippen molar-refractivity contribution in [3.05, 3.63) is 70.8 Å². The second kappa shape index (κ2) is 5.28. The fourth-order valence-corrected chi connectivity index (χ4v) is 2.13. The molecule has 0 aliphatic rings. The summed E-state index contributed by atoms with van der Waals surface area (Å²) in [5.41, 5.74) is 4.62. The molecule has 0 fully saturated rings. The zero-order chi connectivity index (χ0) is 13.9. The molecule has 0 atom stereocenters. The first-order valence-corrected chi connectivity index (χ1v) is 6.58. The molecule has 96 valence electrons. The normalized spacial score (nSPS) is 11.1. The monoisotopic (exact) mass is 249 g/mol. The zero-order valence-corrected chi connectivity index (χ0v) is 11.8. The third kappa shape index (κ3) is 3.23. The Morgan fingerprint density at radius 2 is 1.58 bits per heavy atom. The maximum Gasteiger partial charge on any atom is 0.0994 e. The highest BCUT2D eigenvalue weighted by Crippen LogP contribution is 2.23. The van der Waals surface area contributed by atoms with Crippen molar-refractivity contribution in [2.45, 2.75) is 32.6 Å². The molecule has 0 saturated heterocycles. The van der Waals surface area contributed by atoms with E-state index in [4.69, 9.17) is 5.26 Å². The van der Waals surface area contributed by atoms with Gasteiger partial charge in [-0.2, -0.15) is 5.26 Å². The summed E-state index contributed by atoms with van der Waals surface area (Å²) in [6, 6.07) is 18.7. The van der Waals surface area contributed by atoms with E-state index in [0.717, 1.165) is 17.5 Å². The molecule has 0 N–H and O–H groups in total. The van der Waals surface area contributed by atoms with E-state index >= 15 is 0 Å². The minimum atomic E-state index is 0.184. The lowest BCUT2D eigenvalue weighted by Crippen LogP contribution is -2.10. The molecule has 0 bridgehead atoms. The topological polar surface area (TPSA) is 23.8 Å². The summed E-state index contributed by atoms with van der Waals surface area (Å²) in [5, 5.41) is 9.10. The van der Waals surface area contributed by atoms with Gasteiger partial charge < -0.3 is 0 Å². The Kier molecular flexibility index (Phi) is 3.71. The van der Waals surface area contributed by atoms with Crippen LogP contribution in [-0.4, -0.2) is 0 Å². The maximum absolute atomic E-state index is 9.10. The number of hydrogen-bond acceptors (Lipinski definition) is 1. The van der Waals surface area contributed by atoms with Crippen molar-refractivity contribution < 1.29 is 0 Å². The molecule has 0 saturated carbocycles.